The van der Waals surface area contributed by atoms with E-state index in [-0.39, 0.29) is 18.3 Å². The summed E-state index contributed by atoms with van der Waals surface area (Å²) in [6.07, 6.45) is 3.54. The molecule has 0 amide bonds. The second kappa shape index (κ2) is 8.79. The van der Waals surface area contributed by atoms with Gasteiger partial charge in [0.1, 0.15) is 0 Å². The van der Waals surface area contributed by atoms with Crippen molar-refractivity contribution in [3.63, 3.8) is 0 Å². The van der Waals surface area contributed by atoms with E-state index in [1.807, 2.05) is 19.1 Å². The average Bonchev–Trinajstić information content (AvgIpc) is 3.18. The lowest BCUT2D eigenvalue weighted by molar-refractivity contribution is 0.327. The standard InChI is InChI=1S/C19H31N3O4S2/c1-16-7-8-17(2)19(15-16)28(25,26)22(18-5-3-4-6-18)13-14-27(23,24)21-11-9-20-10-12-21/h7-8,15,18,20H,3-6,9-14H2,1-2H3. The molecule has 0 unspecified atom stereocenters. The van der Waals surface area contributed by atoms with Gasteiger partial charge in [0.05, 0.1) is 10.6 Å². The van der Waals surface area contributed by atoms with Crippen LogP contribution in [-0.4, -0.2) is 70.0 Å². The number of benzene rings is 1. The van der Waals surface area contributed by atoms with Crippen LogP contribution < -0.4 is 5.32 Å². The first-order valence-electron chi connectivity index (χ1n) is 9.99. The molecule has 1 aromatic carbocycles. The summed E-state index contributed by atoms with van der Waals surface area (Å²) in [5.41, 5.74) is 1.57. The molecule has 158 valence electrons. The Labute approximate surface area is 169 Å². The second-order valence-corrected chi connectivity index (χ2v) is 11.7. The highest BCUT2D eigenvalue weighted by molar-refractivity contribution is 7.90. The number of aryl methyl sites for hydroxylation is 2. The summed E-state index contributed by atoms with van der Waals surface area (Å²) >= 11 is 0. The van der Waals surface area contributed by atoms with Crippen molar-refractivity contribution in [3.05, 3.63) is 29.3 Å². The van der Waals surface area contributed by atoms with Gasteiger partial charge in [-0.3, -0.25) is 0 Å². The summed E-state index contributed by atoms with van der Waals surface area (Å²) < 4.78 is 55.5. The Kier molecular flexibility index (Phi) is 6.81. The molecule has 0 bridgehead atoms. The third kappa shape index (κ3) is 4.76. The van der Waals surface area contributed by atoms with Gasteiger partial charge in [-0.2, -0.15) is 8.61 Å². The van der Waals surface area contributed by atoms with Crippen LogP contribution >= 0.6 is 0 Å². The maximum atomic E-state index is 13.5. The number of rotatable bonds is 7. The Morgan fingerprint density at radius 1 is 1.07 bits per heavy atom. The van der Waals surface area contributed by atoms with Gasteiger partial charge in [0.25, 0.3) is 0 Å². The van der Waals surface area contributed by atoms with Crippen LogP contribution in [0.4, 0.5) is 0 Å². The molecule has 0 radical (unpaired) electrons. The van der Waals surface area contributed by atoms with Crippen LogP contribution in [0.5, 0.6) is 0 Å². The maximum absolute atomic E-state index is 13.5. The van der Waals surface area contributed by atoms with Crippen LogP contribution in [0.25, 0.3) is 0 Å². The van der Waals surface area contributed by atoms with Gasteiger partial charge in [-0.05, 0) is 43.9 Å². The summed E-state index contributed by atoms with van der Waals surface area (Å²) in [5.74, 6) is -0.173. The van der Waals surface area contributed by atoms with E-state index < -0.39 is 20.0 Å². The van der Waals surface area contributed by atoms with Gasteiger partial charge in [0, 0.05) is 38.8 Å². The van der Waals surface area contributed by atoms with Crippen LogP contribution in [0.15, 0.2) is 23.1 Å². The van der Waals surface area contributed by atoms with Gasteiger partial charge < -0.3 is 5.32 Å². The molecule has 1 heterocycles. The second-order valence-electron chi connectivity index (χ2n) is 7.79. The third-order valence-corrected chi connectivity index (χ3v) is 9.65. The van der Waals surface area contributed by atoms with Crippen LogP contribution in [-0.2, 0) is 20.0 Å². The summed E-state index contributed by atoms with van der Waals surface area (Å²) in [7, 11) is -7.23. The van der Waals surface area contributed by atoms with Crippen molar-refractivity contribution >= 4 is 20.0 Å². The van der Waals surface area contributed by atoms with E-state index in [4.69, 9.17) is 0 Å². The average molecular weight is 430 g/mol. The lowest BCUT2D eigenvalue weighted by Crippen LogP contribution is -2.49. The molecule has 9 heteroatoms. The Morgan fingerprint density at radius 2 is 1.71 bits per heavy atom. The van der Waals surface area contributed by atoms with Gasteiger partial charge in [-0.25, -0.2) is 16.8 Å². The summed E-state index contributed by atoms with van der Waals surface area (Å²) in [4.78, 5) is 0.291. The largest absolute Gasteiger partial charge is 0.314 e. The zero-order valence-electron chi connectivity index (χ0n) is 16.7. The SMILES string of the molecule is Cc1ccc(C)c(S(=O)(=O)N(CCS(=O)(=O)N2CCNCC2)C2CCCC2)c1. The van der Waals surface area contributed by atoms with E-state index >= 15 is 0 Å². The highest BCUT2D eigenvalue weighted by atomic mass is 32.2. The molecule has 2 fully saturated rings. The fourth-order valence-corrected chi connectivity index (χ4v) is 7.60. The minimum atomic E-state index is -3.75. The van der Waals surface area contributed by atoms with E-state index in [1.165, 1.54) is 8.61 Å². The van der Waals surface area contributed by atoms with Gasteiger partial charge in [-0.15, -0.1) is 0 Å². The maximum Gasteiger partial charge on any atom is 0.243 e. The fourth-order valence-electron chi connectivity index (χ4n) is 4.06. The highest BCUT2D eigenvalue weighted by Gasteiger charge is 2.36. The number of nitrogens with one attached hydrogen (secondary N) is 1. The molecule has 1 aliphatic carbocycles. The Hall–Kier alpha value is -1.00. The molecular weight excluding hydrogens is 398 g/mol. The predicted molar refractivity (Wildman–Crippen MR) is 110 cm³/mol. The van der Waals surface area contributed by atoms with Crippen LogP contribution in [0.3, 0.4) is 0 Å². The number of hydrogen-bond donors (Lipinski definition) is 1. The molecule has 2 aliphatic rings. The number of hydrogen-bond acceptors (Lipinski definition) is 5. The zero-order valence-corrected chi connectivity index (χ0v) is 18.4. The first-order chi connectivity index (χ1) is 13.2. The zero-order chi connectivity index (χ0) is 20.4. The van der Waals surface area contributed by atoms with Crippen LogP contribution in [0.1, 0.15) is 36.8 Å². The molecular formula is C19H31N3O4S2. The predicted octanol–water partition coefficient (Wildman–Crippen LogP) is 1.47. The molecule has 1 aromatic rings. The molecule has 28 heavy (non-hydrogen) atoms. The van der Waals surface area contributed by atoms with Crippen molar-refractivity contribution in [2.24, 2.45) is 0 Å². The summed E-state index contributed by atoms with van der Waals surface area (Å²) in [6.45, 7) is 5.81. The topological polar surface area (TPSA) is 86.8 Å². The Bertz CT molecular complexity index is 888. The van der Waals surface area contributed by atoms with Gasteiger partial charge in [0.15, 0.2) is 0 Å². The molecule has 0 atom stereocenters. The molecule has 0 aromatic heterocycles. The first-order valence-corrected chi connectivity index (χ1v) is 13.0. The third-order valence-electron chi connectivity index (χ3n) is 5.70. The monoisotopic (exact) mass is 429 g/mol. The molecule has 1 N–H and O–H groups in total. The number of piperazine rings is 1. The van der Waals surface area contributed by atoms with Gasteiger partial charge in [-0.1, -0.05) is 25.0 Å². The van der Waals surface area contributed by atoms with Crippen molar-refractivity contribution in [1.82, 2.24) is 13.9 Å². The highest BCUT2D eigenvalue weighted by Crippen LogP contribution is 2.30. The Balaban J connectivity index is 1.86. The minimum Gasteiger partial charge on any atom is -0.314 e. The Morgan fingerprint density at radius 3 is 2.36 bits per heavy atom. The molecule has 1 saturated heterocycles. The van der Waals surface area contributed by atoms with E-state index in [0.717, 1.165) is 31.2 Å². The summed E-state index contributed by atoms with van der Waals surface area (Å²) in [6, 6.07) is 5.27. The number of sulfonamides is 2. The van der Waals surface area contributed by atoms with E-state index in [9.17, 15) is 16.8 Å². The van der Waals surface area contributed by atoms with E-state index in [0.29, 0.717) is 36.6 Å². The minimum absolute atomic E-state index is 0.00659. The van der Waals surface area contributed by atoms with Crippen molar-refractivity contribution in [2.75, 3.05) is 38.5 Å². The summed E-state index contributed by atoms with van der Waals surface area (Å²) in [5, 5.41) is 3.14. The van der Waals surface area contributed by atoms with Crippen molar-refractivity contribution in [1.29, 1.82) is 0 Å². The van der Waals surface area contributed by atoms with Crippen molar-refractivity contribution < 1.29 is 16.8 Å². The molecule has 1 saturated carbocycles. The van der Waals surface area contributed by atoms with Gasteiger partial charge in [0.2, 0.25) is 20.0 Å². The first kappa shape index (κ1) is 21.7. The quantitative estimate of drug-likeness (QED) is 0.709. The molecule has 7 nitrogen and oxygen atoms in total. The molecule has 3 rings (SSSR count). The smallest absolute Gasteiger partial charge is 0.243 e. The van der Waals surface area contributed by atoms with Crippen LogP contribution in [0.2, 0.25) is 0 Å². The lowest BCUT2D eigenvalue weighted by atomic mass is 10.2. The van der Waals surface area contributed by atoms with Crippen LogP contribution in [0, 0.1) is 13.8 Å². The fraction of sp³-hybridized carbons (Fsp3) is 0.684. The van der Waals surface area contributed by atoms with Crippen molar-refractivity contribution in [2.45, 2.75) is 50.5 Å². The van der Waals surface area contributed by atoms with E-state index in [2.05, 4.69) is 5.32 Å². The normalized spacial score (nSPS) is 20.1. The van der Waals surface area contributed by atoms with Crippen molar-refractivity contribution in [3.8, 4) is 0 Å². The molecule has 1 aliphatic heterocycles. The number of nitrogens with zero attached hydrogens (tertiary/aromatic N) is 2. The lowest BCUT2D eigenvalue weighted by Gasteiger charge is -2.31. The van der Waals surface area contributed by atoms with E-state index in [1.54, 1.807) is 13.0 Å². The van der Waals surface area contributed by atoms with Gasteiger partial charge >= 0.3 is 0 Å². The molecule has 0 spiro atoms.